The van der Waals surface area contributed by atoms with Gasteiger partial charge in [0.15, 0.2) is 0 Å². The maximum absolute atomic E-state index is 8.65. The van der Waals surface area contributed by atoms with Gasteiger partial charge in [0.2, 0.25) is 0 Å². The normalized spacial score (nSPS) is 10.2. The zero-order valence-electron chi connectivity index (χ0n) is 7.87. The van der Waals surface area contributed by atoms with Crippen LogP contribution in [-0.4, -0.2) is 0 Å². The lowest BCUT2D eigenvalue weighted by molar-refractivity contribution is 1.26. The van der Waals surface area contributed by atoms with Crippen LogP contribution < -0.4 is 5.32 Å². The molecule has 4 heteroatoms. The number of hydrogen-bond acceptors (Lipinski definition) is 3. The van der Waals surface area contributed by atoms with Gasteiger partial charge in [0.05, 0.1) is 24.1 Å². The molecule has 1 rings (SSSR count). The maximum Gasteiger partial charge on any atom is 0.0973 e. The van der Waals surface area contributed by atoms with Crippen LogP contribution >= 0.6 is 11.6 Å². The highest BCUT2D eigenvalue weighted by Crippen LogP contribution is 2.13. The number of nitrogens with one attached hydrogen (secondary N) is 1. The van der Waals surface area contributed by atoms with E-state index in [-0.39, 0.29) is 6.42 Å². The highest BCUT2D eigenvalue weighted by atomic mass is 35.5. The first kappa shape index (κ1) is 11.1. The van der Waals surface area contributed by atoms with Crippen molar-refractivity contribution in [2.24, 2.45) is 0 Å². The molecule has 0 saturated heterocycles. The van der Waals surface area contributed by atoms with Crippen LogP contribution in [0.2, 0.25) is 5.02 Å². The average molecular weight is 218 g/mol. The molecule has 0 fully saturated rings. The predicted molar refractivity (Wildman–Crippen MR) is 59.0 cm³/mol. The molecule has 0 spiro atoms. The fraction of sp³-hybridized carbons (Fsp3) is 0.0909. The van der Waals surface area contributed by atoms with E-state index in [1.54, 1.807) is 24.3 Å². The predicted octanol–water partition coefficient (Wildman–Crippen LogP) is 3.07. The van der Waals surface area contributed by atoms with Crippen molar-refractivity contribution in [2.75, 3.05) is 5.32 Å². The summed E-state index contributed by atoms with van der Waals surface area (Å²) in [7, 11) is 0. The van der Waals surface area contributed by atoms with E-state index in [1.807, 2.05) is 12.1 Å². The highest BCUT2D eigenvalue weighted by molar-refractivity contribution is 6.30. The van der Waals surface area contributed by atoms with Crippen molar-refractivity contribution in [2.45, 2.75) is 6.42 Å². The lowest BCUT2D eigenvalue weighted by Crippen LogP contribution is -1.89. The summed E-state index contributed by atoms with van der Waals surface area (Å²) in [4.78, 5) is 0. The first-order chi connectivity index (χ1) is 7.26. The fourth-order valence-corrected chi connectivity index (χ4v) is 1.05. The minimum Gasteiger partial charge on any atom is -0.361 e. The molecule has 0 bridgehead atoms. The summed E-state index contributed by atoms with van der Waals surface area (Å²) >= 11 is 5.71. The molecule has 0 atom stereocenters. The van der Waals surface area contributed by atoms with E-state index < -0.39 is 0 Å². The summed E-state index contributed by atoms with van der Waals surface area (Å²) in [5.41, 5.74) is 1.22. The highest BCUT2D eigenvalue weighted by Gasteiger charge is 1.94. The molecule has 3 nitrogen and oxygen atoms in total. The first-order valence-corrected chi connectivity index (χ1v) is 4.62. The summed E-state index contributed by atoms with van der Waals surface area (Å²) in [6.07, 6.45) is 1.63. The van der Waals surface area contributed by atoms with Crippen LogP contribution in [0, 0.1) is 22.7 Å². The Morgan fingerprint density at radius 2 is 2.00 bits per heavy atom. The Hall–Kier alpha value is -1.97. The summed E-state index contributed by atoms with van der Waals surface area (Å²) in [6, 6.07) is 10.9. The van der Waals surface area contributed by atoms with Crippen molar-refractivity contribution >= 4 is 17.3 Å². The third-order valence-corrected chi connectivity index (χ3v) is 1.92. The standard InChI is InChI=1S/C11H8ClN3/c12-10-1-3-11(4-2-10)15-8-9(7-14)5-6-13/h1-4,8,15H,5H2/b9-8-. The van der Waals surface area contributed by atoms with Gasteiger partial charge in [-0.2, -0.15) is 10.5 Å². The second-order valence-electron chi connectivity index (χ2n) is 2.77. The molecule has 15 heavy (non-hydrogen) atoms. The van der Waals surface area contributed by atoms with E-state index >= 15 is 0 Å². The number of rotatable bonds is 3. The van der Waals surface area contributed by atoms with Gasteiger partial charge in [0.25, 0.3) is 0 Å². The molecule has 0 radical (unpaired) electrons. The van der Waals surface area contributed by atoms with Crippen molar-refractivity contribution in [3.8, 4) is 12.1 Å². The van der Waals surface area contributed by atoms with Gasteiger partial charge in [-0.05, 0) is 24.3 Å². The Morgan fingerprint density at radius 1 is 1.33 bits per heavy atom. The molecule has 0 aliphatic heterocycles. The minimum absolute atomic E-state index is 0.108. The van der Waals surface area contributed by atoms with Gasteiger partial charge in [-0.15, -0.1) is 0 Å². The number of anilines is 1. The van der Waals surface area contributed by atoms with Gasteiger partial charge in [-0.3, -0.25) is 0 Å². The molecule has 0 amide bonds. The van der Waals surface area contributed by atoms with Crippen LogP contribution in [0.1, 0.15) is 6.42 Å². The van der Waals surface area contributed by atoms with Crippen molar-refractivity contribution in [3.63, 3.8) is 0 Å². The van der Waals surface area contributed by atoms with Gasteiger partial charge < -0.3 is 5.32 Å². The molecule has 0 aliphatic carbocycles. The smallest absolute Gasteiger partial charge is 0.0973 e. The molecule has 0 aromatic heterocycles. The quantitative estimate of drug-likeness (QED) is 0.792. The molecular formula is C11H8ClN3. The van der Waals surface area contributed by atoms with E-state index in [1.165, 1.54) is 6.20 Å². The van der Waals surface area contributed by atoms with Crippen LogP contribution in [0.15, 0.2) is 36.0 Å². The Bertz CT molecular complexity index is 434. The molecule has 0 saturated carbocycles. The van der Waals surface area contributed by atoms with Crippen molar-refractivity contribution < 1.29 is 0 Å². The average Bonchev–Trinajstić information content (AvgIpc) is 2.26. The monoisotopic (exact) mass is 217 g/mol. The third kappa shape index (κ3) is 3.72. The molecule has 1 aromatic carbocycles. The van der Waals surface area contributed by atoms with E-state index in [0.29, 0.717) is 10.6 Å². The SMILES string of the molecule is N#CC/C(C#N)=C/Nc1ccc(Cl)cc1. The lowest BCUT2D eigenvalue weighted by atomic mass is 10.2. The fourth-order valence-electron chi connectivity index (χ4n) is 0.925. The lowest BCUT2D eigenvalue weighted by Gasteiger charge is -2.00. The van der Waals surface area contributed by atoms with Crippen LogP contribution in [0.25, 0.3) is 0 Å². The second-order valence-corrected chi connectivity index (χ2v) is 3.20. The molecule has 0 unspecified atom stereocenters. The van der Waals surface area contributed by atoms with Gasteiger partial charge >= 0.3 is 0 Å². The maximum atomic E-state index is 8.65. The summed E-state index contributed by atoms with van der Waals surface area (Å²) in [5.74, 6) is 0. The van der Waals surface area contributed by atoms with Crippen LogP contribution in [0.5, 0.6) is 0 Å². The van der Waals surface area contributed by atoms with Gasteiger partial charge in [0, 0.05) is 16.9 Å². The van der Waals surface area contributed by atoms with E-state index in [0.717, 1.165) is 5.69 Å². The first-order valence-electron chi connectivity index (χ1n) is 4.24. The van der Waals surface area contributed by atoms with Crippen LogP contribution in [0.3, 0.4) is 0 Å². The second kappa shape index (κ2) is 5.70. The number of nitriles is 2. The van der Waals surface area contributed by atoms with E-state index in [2.05, 4.69) is 5.32 Å². The van der Waals surface area contributed by atoms with Crippen molar-refractivity contribution in [1.82, 2.24) is 0 Å². The summed E-state index contributed by atoms with van der Waals surface area (Å²) in [6.45, 7) is 0. The van der Waals surface area contributed by atoms with Gasteiger partial charge in [-0.1, -0.05) is 11.6 Å². The summed E-state index contributed by atoms with van der Waals surface area (Å²) < 4.78 is 0. The number of hydrogen-bond donors (Lipinski definition) is 1. The number of allylic oxidation sites excluding steroid dienone is 1. The molecule has 74 valence electrons. The Kier molecular flexibility index (Phi) is 4.22. The van der Waals surface area contributed by atoms with Crippen molar-refractivity contribution in [1.29, 1.82) is 10.5 Å². The molecule has 0 heterocycles. The number of nitrogens with zero attached hydrogens (tertiary/aromatic N) is 2. The van der Waals surface area contributed by atoms with E-state index in [4.69, 9.17) is 22.1 Å². The Morgan fingerprint density at radius 3 is 2.53 bits per heavy atom. The zero-order valence-corrected chi connectivity index (χ0v) is 8.62. The number of halogens is 1. The Labute approximate surface area is 93.2 Å². The van der Waals surface area contributed by atoms with Gasteiger partial charge in [-0.25, -0.2) is 0 Å². The minimum atomic E-state index is 0.108. The molecular weight excluding hydrogens is 210 g/mol. The third-order valence-electron chi connectivity index (χ3n) is 1.67. The largest absolute Gasteiger partial charge is 0.361 e. The molecule has 0 aliphatic rings. The Balaban J connectivity index is 2.68. The van der Waals surface area contributed by atoms with Crippen molar-refractivity contribution in [3.05, 3.63) is 41.1 Å². The van der Waals surface area contributed by atoms with Crippen LogP contribution in [-0.2, 0) is 0 Å². The molecule has 1 N–H and O–H groups in total. The summed E-state index contributed by atoms with van der Waals surface area (Å²) in [5, 5.41) is 20.6. The zero-order chi connectivity index (χ0) is 11.1. The molecule has 1 aromatic rings. The van der Waals surface area contributed by atoms with Crippen LogP contribution in [0.4, 0.5) is 5.69 Å². The number of benzene rings is 1. The van der Waals surface area contributed by atoms with Gasteiger partial charge in [0.1, 0.15) is 0 Å². The topological polar surface area (TPSA) is 59.6 Å². The van der Waals surface area contributed by atoms with E-state index in [9.17, 15) is 0 Å².